The predicted octanol–water partition coefficient (Wildman–Crippen LogP) is 3.21. The van der Waals surface area contributed by atoms with Crippen LogP contribution in [-0.4, -0.2) is 48.7 Å². The van der Waals surface area contributed by atoms with E-state index in [1.165, 1.54) is 0 Å². The van der Waals surface area contributed by atoms with E-state index >= 15 is 0 Å². The normalized spacial score (nSPS) is 18.5. The first-order valence-corrected chi connectivity index (χ1v) is 8.77. The van der Waals surface area contributed by atoms with E-state index in [0.29, 0.717) is 12.5 Å². The third-order valence-electron chi connectivity index (χ3n) is 4.40. The second-order valence-electron chi connectivity index (χ2n) is 8.38. The van der Waals surface area contributed by atoms with Crippen molar-refractivity contribution in [3.05, 3.63) is 0 Å². The maximum atomic E-state index is 12.0. The summed E-state index contributed by atoms with van der Waals surface area (Å²) in [6, 6.07) is 0.346. The molecule has 0 radical (unpaired) electrons. The van der Waals surface area contributed by atoms with Crippen LogP contribution in [0.5, 0.6) is 0 Å². The van der Waals surface area contributed by atoms with Gasteiger partial charge in [-0.15, -0.1) is 0 Å². The Labute approximate surface area is 137 Å². The highest BCUT2D eigenvalue weighted by Gasteiger charge is 2.23. The second kappa shape index (κ2) is 8.30. The van der Waals surface area contributed by atoms with Crippen LogP contribution in [0.4, 0.5) is 0 Å². The average Bonchev–Trinajstić information content (AvgIpc) is 2.38. The molecular formula is C18H36N2O2. The molecule has 130 valence electrons. The average molecular weight is 312 g/mol. The second-order valence-corrected chi connectivity index (χ2v) is 8.38. The van der Waals surface area contributed by atoms with Gasteiger partial charge in [-0.1, -0.05) is 27.7 Å². The lowest BCUT2D eigenvalue weighted by atomic mass is 9.91. The summed E-state index contributed by atoms with van der Waals surface area (Å²) in [5.74, 6) is 0.193. The summed E-state index contributed by atoms with van der Waals surface area (Å²) in [4.78, 5) is 14.4. The van der Waals surface area contributed by atoms with Gasteiger partial charge in [-0.25, -0.2) is 0 Å². The minimum Gasteiger partial charge on any atom is -0.374 e. The zero-order valence-corrected chi connectivity index (χ0v) is 15.5. The molecular weight excluding hydrogens is 276 g/mol. The molecule has 1 fully saturated rings. The molecule has 22 heavy (non-hydrogen) atoms. The van der Waals surface area contributed by atoms with E-state index in [1.807, 2.05) is 0 Å². The summed E-state index contributed by atoms with van der Waals surface area (Å²) < 4.78 is 5.92. The summed E-state index contributed by atoms with van der Waals surface area (Å²) in [5, 5.41) is 3.19. The first kappa shape index (κ1) is 19.4. The van der Waals surface area contributed by atoms with Gasteiger partial charge in [-0.05, 0) is 38.5 Å². The van der Waals surface area contributed by atoms with Crippen LogP contribution in [0, 0.1) is 5.41 Å². The van der Waals surface area contributed by atoms with Gasteiger partial charge in [0.05, 0.1) is 12.2 Å². The number of piperidine rings is 1. The summed E-state index contributed by atoms with van der Waals surface area (Å²) in [5.41, 5.74) is 0.0491. The van der Waals surface area contributed by atoms with Gasteiger partial charge in [0.2, 0.25) is 5.91 Å². The Morgan fingerprint density at radius 2 is 1.77 bits per heavy atom. The van der Waals surface area contributed by atoms with E-state index in [4.69, 9.17) is 4.74 Å². The van der Waals surface area contributed by atoms with Gasteiger partial charge in [0, 0.05) is 32.1 Å². The fourth-order valence-corrected chi connectivity index (χ4v) is 2.61. The maximum absolute atomic E-state index is 12.0. The van der Waals surface area contributed by atoms with E-state index in [2.05, 4.69) is 51.8 Å². The molecule has 1 aliphatic rings. The van der Waals surface area contributed by atoms with Crippen molar-refractivity contribution >= 4 is 5.91 Å². The molecule has 0 aromatic heterocycles. The summed E-state index contributed by atoms with van der Waals surface area (Å²) >= 11 is 0. The largest absolute Gasteiger partial charge is 0.374 e. The molecule has 0 bridgehead atoms. The number of carbonyl (C=O) groups is 1. The maximum Gasteiger partial charge on any atom is 0.220 e. The Morgan fingerprint density at radius 1 is 1.18 bits per heavy atom. The predicted molar refractivity (Wildman–Crippen MR) is 92.0 cm³/mol. The van der Waals surface area contributed by atoms with Crippen molar-refractivity contribution in [3.63, 3.8) is 0 Å². The first-order chi connectivity index (χ1) is 10.1. The van der Waals surface area contributed by atoms with Crippen LogP contribution in [-0.2, 0) is 9.53 Å². The number of hydrogen-bond donors (Lipinski definition) is 1. The monoisotopic (exact) mass is 312 g/mol. The molecule has 1 aliphatic heterocycles. The Bertz CT molecular complexity index is 339. The van der Waals surface area contributed by atoms with E-state index in [1.54, 1.807) is 0 Å². The molecule has 1 N–H and O–H groups in total. The molecule has 4 nitrogen and oxygen atoms in total. The van der Waals surface area contributed by atoms with Crippen LogP contribution in [0.15, 0.2) is 0 Å². The number of rotatable bonds is 7. The van der Waals surface area contributed by atoms with Crippen LogP contribution in [0.2, 0.25) is 0 Å². The minimum absolute atomic E-state index is 0.0146. The lowest BCUT2D eigenvalue weighted by Gasteiger charge is -2.33. The van der Waals surface area contributed by atoms with Crippen LogP contribution in [0.25, 0.3) is 0 Å². The quantitative estimate of drug-likeness (QED) is 0.785. The lowest BCUT2D eigenvalue weighted by Crippen LogP contribution is -2.46. The number of carbonyl (C=O) groups excluding carboxylic acids is 1. The van der Waals surface area contributed by atoms with Crippen LogP contribution < -0.4 is 5.32 Å². The van der Waals surface area contributed by atoms with E-state index in [9.17, 15) is 4.79 Å². The highest BCUT2D eigenvalue weighted by molar-refractivity contribution is 5.76. The van der Waals surface area contributed by atoms with Gasteiger partial charge in [-0.2, -0.15) is 0 Å². The zero-order valence-electron chi connectivity index (χ0n) is 15.5. The molecule has 0 aromatic carbocycles. The third kappa shape index (κ3) is 8.14. The number of hydrogen-bond acceptors (Lipinski definition) is 3. The van der Waals surface area contributed by atoms with Crippen LogP contribution >= 0.6 is 0 Å². The van der Waals surface area contributed by atoms with Crippen molar-refractivity contribution in [1.29, 1.82) is 0 Å². The standard InChI is InChI=1S/C18H36N2O2/c1-7-18(5,6)22-13-12-20-10-8-15(9-11-20)19-16(21)14-17(2,3)4/h15H,7-14H2,1-6H3,(H,19,21). The van der Waals surface area contributed by atoms with Crippen molar-refractivity contribution in [1.82, 2.24) is 10.2 Å². The summed E-state index contributed by atoms with van der Waals surface area (Å²) in [7, 11) is 0. The number of ether oxygens (including phenoxy) is 1. The Morgan fingerprint density at radius 3 is 2.27 bits per heavy atom. The molecule has 1 saturated heterocycles. The topological polar surface area (TPSA) is 41.6 Å². The van der Waals surface area contributed by atoms with E-state index in [0.717, 1.165) is 45.5 Å². The Hall–Kier alpha value is -0.610. The molecule has 1 rings (SSSR count). The number of nitrogens with zero attached hydrogens (tertiary/aromatic N) is 1. The molecule has 1 heterocycles. The molecule has 0 unspecified atom stereocenters. The molecule has 4 heteroatoms. The van der Waals surface area contributed by atoms with Crippen LogP contribution in [0.3, 0.4) is 0 Å². The van der Waals surface area contributed by atoms with Crippen molar-refractivity contribution in [2.75, 3.05) is 26.2 Å². The van der Waals surface area contributed by atoms with E-state index in [-0.39, 0.29) is 16.9 Å². The fraction of sp³-hybridized carbons (Fsp3) is 0.944. The fourth-order valence-electron chi connectivity index (χ4n) is 2.61. The van der Waals surface area contributed by atoms with Gasteiger partial charge in [0.15, 0.2) is 0 Å². The summed E-state index contributed by atoms with van der Waals surface area (Å²) in [6.45, 7) is 16.6. The number of nitrogens with one attached hydrogen (secondary N) is 1. The molecule has 0 aliphatic carbocycles. The highest BCUT2D eigenvalue weighted by atomic mass is 16.5. The summed E-state index contributed by atoms with van der Waals surface area (Å²) in [6.07, 6.45) is 3.74. The van der Waals surface area contributed by atoms with Crippen LogP contribution in [0.1, 0.15) is 67.2 Å². The van der Waals surface area contributed by atoms with Crippen molar-refractivity contribution in [3.8, 4) is 0 Å². The SMILES string of the molecule is CCC(C)(C)OCCN1CCC(NC(=O)CC(C)(C)C)CC1. The molecule has 0 atom stereocenters. The third-order valence-corrected chi connectivity index (χ3v) is 4.40. The van der Waals surface area contributed by atoms with Gasteiger partial charge in [0.1, 0.15) is 0 Å². The lowest BCUT2D eigenvalue weighted by molar-refractivity contribution is -0.123. The Kier molecular flexibility index (Phi) is 7.33. The van der Waals surface area contributed by atoms with Gasteiger partial charge >= 0.3 is 0 Å². The molecule has 0 saturated carbocycles. The molecule has 1 amide bonds. The zero-order chi connectivity index (χ0) is 16.8. The highest BCUT2D eigenvalue weighted by Crippen LogP contribution is 2.19. The number of likely N-dealkylation sites (tertiary alicyclic amines) is 1. The molecule has 0 aromatic rings. The minimum atomic E-state index is -0.0146. The van der Waals surface area contributed by atoms with Crippen molar-refractivity contribution in [2.24, 2.45) is 5.41 Å². The van der Waals surface area contributed by atoms with Crippen molar-refractivity contribution < 1.29 is 9.53 Å². The number of amides is 1. The van der Waals surface area contributed by atoms with Gasteiger partial charge in [-0.3, -0.25) is 4.79 Å². The molecule has 0 spiro atoms. The first-order valence-electron chi connectivity index (χ1n) is 8.77. The van der Waals surface area contributed by atoms with Gasteiger partial charge in [0.25, 0.3) is 0 Å². The van der Waals surface area contributed by atoms with Gasteiger partial charge < -0.3 is 15.0 Å². The van der Waals surface area contributed by atoms with Crippen molar-refractivity contribution in [2.45, 2.75) is 78.9 Å². The smallest absolute Gasteiger partial charge is 0.220 e. The van der Waals surface area contributed by atoms with E-state index < -0.39 is 0 Å². The Balaban J connectivity index is 2.19.